The largest absolute Gasteiger partial charge is 0.458 e. The molecule has 86 valence electrons. The minimum absolute atomic E-state index is 0.444. The van der Waals surface area contributed by atoms with Crippen molar-refractivity contribution in [3.05, 3.63) is 41.8 Å². The fourth-order valence-corrected chi connectivity index (χ4v) is 1.85. The SMILES string of the molecule is Cc1ccc(-c2nnc3c(CN)cccn23)o1. The van der Waals surface area contributed by atoms with Gasteiger partial charge in [0.2, 0.25) is 5.82 Å². The highest BCUT2D eigenvalue weighted by Gasteiger charge is 2.12. The highest BCUT2D eigenvalue weighted by molar-refractivity contribution is 5.57. The maximum atomic E-state index is 5.66. The Morgan fingerprint density at radius 3 is 2.88 bits per heavy atom. The van der Waals surface area contributed by atoms with E-state index in [2.05, 4.69) is 10.2 Å². The van der Waals surface area contributed by atoms with Gasteiger partial charge in [-0.15, -0.1) is 10.2 Å². The first-order valence-corrected chi connectivity index (χ1v) is 5.39. The Labute approximate surface area is 97.9 Å². The van der Waals surface area contributed by atoms with Gasteiger partial charge in [0.15, 0.2) is 11.4 Å². The van der Waals surface area contributed by atoms with E-state index in [0.717, 1.165) is 17.0 Å². The van der Waals surface area contributed by atoms with Crippen molar-refractivity contribution in [2.45, 2.75) is 13.5 Å². The van der Waals surface area contributed by atoms with Crippen LogP contribution in [0, 0.1) is 6.92 Å². The number of pyridine rings is 1. The molecule has 0 radical (unpaired) electrons. The average molecular weight is 228 g/mol. The van der Waals surface area contributed by atoms with Crippen molar-refractivity contribution in [2.75, 3.05) is 0 Å². The minimum Gasteiger partial charge on any atom is -0.458 e. The Kier molecular flexibility index (Phi) is 2.19. The fourth-order valence-electron chi connectivity index (χ4n) is 1.85. The van der Waals surface area contributed by atoms with Crippen LogP contribution in [-0.2, 0) is 6.54 Å². The number of aryl methyl sites for hydroxylation is 1. The van der Waals surface area contributed by atoms with Gasteiger partial charge in [-0.2, -0.15) is 0 Å². The molecule has 0 saturated carbocycles. The summed E-state index contributed by atoms with van der Waals surface area (Å²) in [6.45, 7) is 2.34. The van der Waals surface area contributed by atoms with Crippen molar-refractivity contribution in [2.24, 2.45) is 5.73 Å². The number of nitrogens with zero attached hydrogens (tertiary/aromatic N) is 3. The van der Waals surface area contributed by atoms with Crippen LogP contribution in [0.1, 0.15) is 11.3 Å². The van der Waals surface area contributed by atoms with E-state index in [1.165, 1.54) is 0 Å². The number of furan rings is 1. The van der Waals surface area contributed by atoms with Crippen molar-refractivity contribution in [3.63, 3.8) is 0 Å². The van der Waals surface area contributed by atoms with Crippen molar-refractivity contribution in [1.82, 2.24) is 14.6 Å². The van der Waals surface area contributed by atoms with Crippen LogP contribution in [-0.4, -0.2) is 14.6 Å². The number of aromatic nitrogens is 3. The van der Waals surface area contributed by atoms with Crippen LogP contribution in [0.25, 0.3) is 17.2 Å². The number of fused-ring (bicyclic) bond motifs is 1. The molecule has 0 fully saturated rings. The summed E-state index contributed by atoms with van der Waals surface area (Å²) in [5.74, 6) is 2.26. The monoisotopic (exact) mass is 228 g/mol. The molecule has 0 atom stereocenters. The lowest BCUT2D eigenvalue weighted by Crippen LogP contribution is -1.99. The molecule has 17 heavy (non-hydrogen) atoms. The molecule has 3 aromatic rings. The minimum atomic E-state index is 0.444. The second-order valence-corrected chi connectivity index (χ2v) is 3.87. The lowest BCUT2D eigenvalue weighted by atomic mass is 10.2. The van der Waals surface area contributed by atoms with Gasteiger partial charge in [0.25, 0.3) is 0 Å². The van der Waals surface area contributed by atoms with Gasteiger partial charge in [0.1, 0.15) is 5.76 Å². The summed E-state index contributed by atoms with van der Waals surface area (Å²) in [6.07, 6.45) is 1.90. The fraction of sp³-hybridized carbons (Fsp3) is 0.167. The lowest BCUT2D eigenvalue weighted by Gasteiger charge is -2.00. The predicted molar refractivity (Wildman–Crippen MR) is 63.3 cm³/mol. The third-order valence-electron chi connectivity index (χ3n) is 2.70. The summed E-state index contributed by atoms with van der Waals surface area (Å²) in [5, 5.41) is 8.30. The van der Waals surface area contributed by atoms with Gasteiger partial charge in [-0.1, -0.05) is 6.07 Å². The van der Waals surface area contributed by atoms with E-state index >= 15 is 0 Å². The predicted octanol–water partition coefficient (Wildman–Crippen LogP) is 1.76. The van der Waals surface area contributed by atoms with Gasteiger partial charge in [0.05, 0.1) is 0 Å². The zero-order chi connectivity index (χ0) is 11.8. The molecule has 0 aliphatic rings. The van der Waals surface area contributed by atoms with Gasteiger partial charge < -0.3 is 10.2 Å². The second-order valence-electron chi connectivity index (χ2n) is 3.87. The van der Waals surface area contributed by atoms with Gasteiger partial charge in [-0.3, -0.25) is 4.40 Å². The quantitative estimate of drug-likeness (QED) is 0.725. The second kappa shape index (κ2) is 3.71. The molecule has 3 rings (SSSR count). The van der Waals surface area contributed by atoms with Crippen LogP contribution in [0.3, 0.4) is 0 Å². The molecule has 0 amide bonds. The third kappa shape index (κ3) is 1.52. The highest BCUT2D eigenvalue weighted by Crippen LogP contribution is 2.21. The van der Waals surface area contributed by atoms with Crippen LogP contribution < -0.4 is 5.73 Å². The highest BCUT2D eigenvalue weighted by atomic mass is 16.3. The first-order valence-electron chi connectivity index (χ1n) is 5.39. The molecule has 0 aliphatic heterocycles. The summed E-state index contributed by atoms with van der Waals surface area (Å²) in [7, 11) is 0. The third-order valence-corrected chi connectivity index (χ3v) is 2.70. The summed E-state index contributed by atoms with van der Waals surface area (Å²) in [5.41, 5.74) is 7.41. The van der Waals surface area contributed by atoms with Crippen molar-refractivity contribution in [3.8, 4) is 11.6 Å². The Bertz CT molecular complexity index is 668. The van der Waals surface area contributed by atoms with Gasteiger partial charge >= 0.3 is 0 Å². The van der Waals surface area contributed by atoms with Crippen LogP contribution >= 0.6 is 0 Å². The van der Waals surface area contributed by atoms with Crippen LogP contribution in [0.4, 0.5) is 0 Å². The van der Waals surface area contributed by atoms with E-state index in [9.17, 15) is 0 Å². The molecule has 5 heteroatoms. The summed E-state index contributed by atoms with van der Waals surface area (Å²) in [6, 6.07) is 7.67. The smallest absolute Gasteiger partial charge is 0.204 e. The summed E-state index contributed by atoms with van der Waals surface area (Å²) in [4.78, 5) is 0. The van der Waals surface area contributed by atoms with E-state index in [1.807, 2.05) is 41.8 Å². The van der Waals surface area contributed by atoms with Gasteiger partial charge in [-0.05, 0) is 25.1 Å². The van der Waals surface area contributed by atoms with E-state index in [-0.39, 0.29) is 0 Å². The van der Waals surface area contributed by atoms with E-state index in [4.69, 9.17) is 10.2 Å². The zero-order valence-corrected chi connectivity index (χ0v) is 9.42. The molecule has 0 spiro atoms. The number of rotatable bonds is 2. The Morgan fingerprint density at radius 2 is 2.18 bits per heavy atom. The van der Waals surface area contributed by atoms with E-state index < -0.39 is 0 Å². The molecule has 0 aromatic carbocycles. The number of hydrogen-bond donors (Lipinski definition) is 1. The summed E-state index contributed by atoms with van der Waals surface area (Å²) >= 11 is 0. The van der Waals surface area contributed by atoms with Crippen molar-refractivity contribution >= 4 is 5.65 Å². The first kappa shape index (κ1) is 10.0. The molecule has 2 N–H and O–H groups in total. The summed E-state index contributed by atoms with van der Waals surface area (Å²) < 4.78 is 7.44. The molecule has 5 nitrogen and oxygen atoms in total. The standard InChI is InChI=1S/C12H12N4O/c1-8-4-5-10(17-8)12-15-14-11-9(7-13)3-2-6-16(11)12/h2-6H,7,13H2,1H3. The Balaban J connectivity index is 2.25. The van der Waals surface area contributed by atoms with Gasteiger partial charge in [0, 0.05) is 18.3 Å². The maximum Gasteiger partial charge on any atom is 0.204 e. The Hall–Kier alpha value is -2.14. The van der Waals surface area contributed by atoms with Crippen LogP contribution in [0.15, 0.2) is 34.9 Å². The van der Waals surface area contributed by atoms with Crippen molar-refractivity contribution in [1.29, 1.82) is 0 Å². The van der Waals surface area contributed by atoms with E-state index in [1.54, 1.807) is 0 Å². The zero-order valence-electron chi connectivity index (χ0n) is 9.42. The number of hydrogen-bond acceptors (Lipinski definition) is 4. The normalized spacial score (nSPS) is 11.2. The molecule has 0 saturated heterocycles. The molecule has 0 unspecified atom stereocenters. The van der Waals surface area contributed by atoms with Crippen molar-refractivity contribution < 1.29 is 4.42 Å². The molecule has 0 aliphatic carbocycles. The molecular weight excluding hydrogens is 216 g/mol. The van der Waals surface area contributed by atoms with Crippen LogP contribution in [0.5, 0.6) is 0 Å². The lowest BCUT2D eigenvalue weighted by molar-refractivity contribution is 0.543. The van der Waals surface area contributed by atoms with E-state index in [0.29, 0.717) is 18.1 Å². The first-order chi connectivity index (χ1) is 8.29. The number of nitrogens with two attached hydrogens (primary N) is 1. The molecule has 3 heterocycles. The molecule has 3 aromatic heterocycles. The average Bonchev–Trinajstić information content (AvgIpc) is 2.94. The Morgan fingerprint density at radius 1 is 1.29 bits per heavy atom. The molecule has 0 bridgehead atoms. The topological polar surface area (TPSA) is 69.3 Å². The maximum absolute atomic E-state index is 5.66. The van der Waals surface area contributed by atoms with Gasteiger partial charge in [-0.25, -0.2) is 0 Å². The molecular formula is C12H12N4O. The van der Waals surface area contributed by atoms with Crippen LogP contribution in [0.2, 0.25) is 0 Å².